The number of anilines is 1. The lowest BCUT2D eigenvalue weighted by molar-refractivity contribution is -0.274. The standard InChI is InChI=1S/C23H26F3N3O5S/c1-16-3-4-17(2)20(15-16)35(32,33)29-13-11-28(12-14-29)22(31)10-9-21(30)27-18-5-7-19(8-6-18)34-23(24,25)26/h3-8,15H,9-14H2,1-2H3,(H,27,30). The Bertz CT molecular complexity index is 1180. The molecule has 1 aliphatic heterocycles. The van der Waals surface area contributed by atoms with E-state index in [0.717, 1.165) is 17.7 Å². The molecular weight excluding hydrogens is 487 g/mol. The van der Waals surface area contributed by atoms with E-state index >= 15 is 0 Å². The van der Waals surface area contributed by atoms with Crippen LogP contribution in [0.25, 0.3) is 0 Å². The van der Waals surface area contributed by atoms with Crippen LogP contribution in [0.2, 0.25) is 0 Å². The van der Waals surface area contributed by atoms with Crippen LogP contribution in [0.5, 0.6) is 5.75 Å². The predicted molar refractivity (Wildman–Crippen MR) is 122 cm³/mol. The number of hydrogen-bond acceptors (Lipinski definition) is 5. The second-order valence-electron chi connectivity index (χ2n) is 8.17. The van der Waals surface area contributed by atoms with Crippen LogP contribution in [0.4, 0.5) is 18.9 Å². The highest BCUT2D eigenvalue weighted by Gasteiger charge is 2.32. The highest BCUT2D eigenvalue weighted by atomic mass is 32.2. The number of benzene rings is 2. The summed E-state index contributed by atoms with van der Waals surface area (Å²) in [4.78, 5) is 26.4. The monoisotopic (exact) mass is 513 g/mol. The van der Waals surface area contributed by atoms with Crippen LogP contribution in [0.1, 0.15) is 24.0 Å². The van der Waals surface area contributed by atoms with Crippen LogP contribution >= 0.6 is 0 Å². The summed E-state index contributed by atoms with van der Waals surface area (Å²) >= 11 is 0. The van der Waals surface area contributed by atoms with E-state index in [9.17, 15) is 31.2 Å². The molecule has 2 aromatic rings. The van der Waals surface area contributed by atoms with Crippen molar-refractivity contribution in [3.63, 3.8) is 0 Å². The van der Waals surface area contributed by atoms with Gasteiger partial charge in [-0.15, -0.1) is 13.2 Å². The predicted octanol–water partition coefficient (Wildman–Crippen LogP) is 3.45. The van der Waals surface area contributed by atoms with Gasteiger partial charge >= 0.3 is 6.36 Å². The van der Waals surface area contributed by atoms with Crippen molar-refractivity contribution in [1.29, 1.82) is 0 Å². The molecule has 3 rings (SSSR count). The molecule has 0 aromatic heterocycles. The van der Waals surface area contributed by atoms with Gasteiger partial charge in [-0.3, -0.25) is 9.59 Å². The van der Waals surface area contributed by atoms with Crippen molar-refractivity contribution in [1.82, 2.24) is 9.21 Å². The molecule has 1 N–H and O–H groups in total. The maximum absolute atomic E-state index is 13.0. The molecule has 0 saturated carbocycles. The molecule has 8 nitrogen and oxygen atoms in total. The Hall–Kier alpha value is -3.12. The summed E-state index contributed by atoms with van der Waals surface area (Å²) in [6.07, 6.45) is -5.01. The summed E-state index contributed by atoms with van der Waals surface area (Å²) in [5.74, 6) is -1.17. The van der Waals surface area contributed by atoms with Gasteiger partial charge in [0, 0.05) is 44.7 Å². The summed E-state index contributed by atoms with van der Waals surface area (Å²) < 4.78 is 67.8. The van der Waals surface area contributed by atoms with E-state index in [0.29, 0.717) is 5.56 Å². The number of carbonyl (C=O) groups is 2. The van der Waals surface area contributed by atoms with Gasteiger partial charge < -0.3 is 15.0 Å². The largest absolute Gasteiger partial charge is 0.573 e. The summed E-state index contributed by atoms with van der Waals surface area (Å²) in [5.41, 5.74) is 1.76. The van der Waals surface area contributed by atoms with E-state index in [-0.39, 0.29) is 55.5 Å². The Morgan fingerprint density at radius 3 is 2.20 bits per heavy atom. The minimum atomic E-state index is -4.81. The van der Waals surface area contributed by atoms with Crippen LogP contribution in [0.3, 0.4) is 0 Å². The van der Waals surface area contributed by atoms with E-state index in [2.05, 4.69) is 10.1 Å². The lowest BCUT2D eigenvalue weighted by atomic mass is 10.2. The topological polar surface area (TPSA) is 96.0 Å². The Labute approximate surface area is 201 Å². The smallest absolute Gasteiger partial charge is 0.406 e. The third-order valence-electron chi connectivity index (χ3n) is 5.49. The van der Waals surface area contributed by atoms with E-state index in [4.69, 9.17) is 0 Å². The Kier molecular flexibility index (Phi) is 8.06. The Morgan fingerprint density at radius 2 is 1.60 bits per heavy atom. The molecule has 12 heteroatoms. The minimum Gasteiger partial charge on any atom is -0.406 e. The number of halogens is 3. The zero-order chi connectivity index (χ0) is 25.8. The third kappa shape index (κ3) is 7.18. The highest BCUT2D eigenvalue weighted by molar-refractivity contribution is 7.89. The fraction of sp³-hybridized carbons (Fsp3) is 0.391. The number of nitrogens with one attached hydrogen (secondary N) is 1. The lowest BCUT2D eigenvalue weighted by Gasteiger charge is -2.34. The number of aryl methyl sites for hydroxylation is 2. The first kappa shape index (κ1) is 26.5. The molecule has 0 bridgehead atoms. The van der Waals surface area contributed by atoms with Crippen LogP contribution in [0.15, 0.2) is 47.4 Å². The first-order valence-corrected chi connectivity index (χ1v) is 12.3. The number of rotatable bonds is 7. The van der Waals surface area contributed by atoms with Gasteiger partial charge in [-0.1, -0.05) is 12.1 Å². The van der Waals surface area contributed by atoms with Gasteiger partial charge in [0.15, 0.2) is 0 Å². The molecule has 0 aliphatic carbocycles. The molecule has 1 aliphatic rings. The summed E-state index contributed by atoms with van der Waals surface area (Å²) in [6, 6.07) is 9.90. The van der Waals surface area contributed by atoms with Crippen molar-refractivity contribution >= 4 is 27.5 Å². The summed E-state index contributed by atoms with van der Waals surface area (Å²) in [5, 5.41) is 2.51. The van der Waals surface area contributed by atoms with Gasteiger partial charge in [-0.2, -0.15) is 4.31 Å². The Balaban J connectivity index is 1.47. The number of carbonyl (C=O) groups excluding carboxylic acids is 2. The van der Waals surface area contributed by atoms with E-state index in [1.165, 1.54) is 21.3 Å². The van der Waals surface area contributed by atoms with Crippen molar-refractivity contribution < 1.29 is 35.9 Å². The molecular formula is C23H26F3N3O5S. The SMILES string of the molecule is Cc1ccc(C)c(S(=O)(=O)N2CCN(C(=O)CCC(=O)Nc3ccc(OC(F)(F)F)cc3)CC2)c1. The molecule has 2 amide bonds. The van der Waals surface area contributed by atoms with Gasteiger partial charge in [0.1, 0.15) is 5.75 Å². The van der Waals surface area contributed by atoms with E-state index in [1.807, 2.05) is 13.0 Å². The molecule has 0 spiro atoms. The van der Waals surface area contributed by atoms with Crippen molar-refractivity contribution in [3.05, 3.63) is 53.6 Å². The van der Waals surface area contributed by atoms with Crippen molar-refractivity contribution in [2.45, 2.75) is 37.9 Å². The number of ether oxygens (including phenoxy) is 1. The van der Waals surface area contributed by atoms with Gasteiger partial charge in [-0.25, -0.2) is 8.42 Å². The average Bonchev–Trinajstić information content (AvgIpc) is 2.79. The first-order valence-electron chi connectivity index (χ1n) is 10.9. The van der Waals surface area contributed by atoms with Gasteiger partial charge in [0.25, 0.3) is 0 Å². The molecule has 0 unspecified atom stereocenters. The molecule has 0 radical (unpaired) electrons. The molecule has 0 atom stereocenters. The maximum Gasteiger partial charge on any atom is 0.573 e. The second-order valence-corrected chi connectivity index (χ2v) is 10.1. The molecule has 2 aromatic carbocycles. The van der Waals surface area contributed by atoms with Crippen LogP contribution in [-0.4, -0.2) is 62.0 Å². The number of alkyl halides is 3. The fourth-order valence-electron chi connectivity index (χ4n) is 3.64. The average molecular weight is 514 g/mol. The molecule has 1 heterocycles. The van der Waals surface area contributed by atoms with Gasteiger partial charge in [-0.05, 0) is 55.3 Å². The van der Waals surface area contributed by atoms with Crippen molar-refractivity contribution in [2.24, 2.45) is 0 Å². The normalized spacial score (nSPS) is 15.1. The van der Waals surface area contributed by atoms with E-state index in [1.54, 1.807) is 19.1 Å². The third-order valence-corrected chi connectivity index (χ3v) is 7.53. The first-order chi connectivity index (χ1) is 16.3. The summed E-state index contributed by atoms with van der Waals surface area (Å²) in [6.45, 7) is 4.29. The van der Waals surface area contributed by atoms with E-state index < -0.39 is 28.0 Å². The van der Waals surface area contributed by atoms with Gasteiger partial charge in [0.2, 0.25) is 21.8 Å². The van der Waals surface area contributed by atoms with Crippen molar-refractivity contribution in [3.8, 4) is 5.75 Å². The zero-order valence-electron chi connectivity index (χ0n) is 19.3. The number of sulfonamides is 1. The molecule has 35 heavy (non-hydrogen) atoms. The molecule has 190 valence electrons. The van der Waals surface area contributed by atoms with Gasteiger partial charge in [0.05, 0.1) is 4.90 Å². The Morgan fingerprint density at radius 1 is 0.971 bits per heavy atom. The second kappa shape index (κ2) is 10.6. The number of hydrogen-bond donors (Lipinski definition) is 1. The number of piperazine rings is 1. The number of nitrogens with zero attached hydrogens (tertiary/aromatic N) is 2. The summed E-state index contributed by atoms with van der Waals surface area (Å²) in [7, 11) is -3.68. The lowest BCUT2D eigenvalue weighted by Crippen LogP contribution is -2.50. The van der Waals surface area contributed by atoms with Crippen molar-refractivity contribution in [2.75, 3.05) is 31.5 Å². The van der Waals surface area contributed by atoms with Crippen LogP contribution in [0, 0.1) is 13.8 Å². The zero-order valence-corrected chi connectivity index (χ0v) is 20.1. The molecule has 1 saturated heterocycles. The fourth-order valence-corrected chi connectivity index (χ4v) is 5.38. The van der Waals surface area contributed by atoms with Crippen LogP contribution < -0.4 is 10.1 Å². The molecule has 1 fully saturated rings. The maximum atomic E-state index is 13.0. The highest BCUT2D eigenvalue weighted by Crippen LogP contribution is 2.25. The minimum absolute atomic E-state index is 0.0785. The number of amides is 2. The quantitative estimate of drug-likeness (QED) is 0.612. The van der Waals surface area contributed by atoms with Crippen LogP contribution in [-0.2, 0) is 19.6 Å².